The number of amides is 3. The fourth-order valence-corrected chi connectivity index (χ4v) is 4.21. The van der Waals surface area contributed by atoms with Crippen molar-refractivity contribution in [2.45, 2.75) is 44.7 Å². The molecule has 1 aromatic carbocycles. The monoisotopic (exact) mass is 479 g/mol. The summed E-state index contributed by atoms with van der Waals surface area (Å²) in [6, 6.07) is 12.3. The largest absolute Gasteiger partial charge is 0.494 e. The van der Waals surface area contributed by atoms with Crippen LogP contribution < -0.4 is 20.3 Å². The van der Waals surface area contributed by atoms with Crippen molar-refractivity contribution in [1.82, 2.24) is 10.6 Å². The Kier molecular flexibility index (Phi) is 7.87. The van der Waals surface area contributed by atoms with E-state index in [2.05, 4.69) is 10.6 Å². The molecule has 4 rings (SSSR count). The van der Waals surface area contributed by atoms with Crippen LogP contribution in [0, 0.1) is 0 Å². The summed E-state index contributed by atoms with van der Waals surface area (Å²) >= 11 is 0. The summed E-state index contributed by atoms with van der Waals surface area (Å²) in [5.74, 6) is -0.310. The number of hydrogen-bond donors (Lipinski definition) is 2. The van der Waals surface area contributed by atoms with Gasteiger partial charge in [0, 0.05) is 11.7 Å². The summed E-state index contributed by atoms with van der Waals surface area (Å²) in [6.45, 7) is 2.03. The molecular formula is C26H29N3O6. The van der Waals surface area contributed by atoms with Crippen LogP contribution in [-0.4, -0.2) is 36.9 Å². The fourth-order valence-electron chi connectivity index (χ4n) is 4.21. The summed E-state index contributed by atoms with van der Waals surface area (Å²) in [7, 11) is 0. The first kappa shape index (κ1) is 24.1. The van der Waals surface area contributed by atoms with Crippen LogP contribution in [0.15, 0.2) is 69.9 Å². The van der Waals surface area contributed by atoms with Crippen LogP contribution in [0.25, 0.3) is 0 Å². The summed E-state index contributed by atoms with van der Waals surface area (Å²) in [5, 5.41) is 5.64. The second-order valence-electron chi connectivity index (χ2n) is 8.26. The first-order chi connectivity index (χ1) is 17.1. The Balaban J connectivity index is 1.63. The van der Waals surface area contributed by atoms with Gasteiger partial charge < -0.3 is 24.2 Å². The smallest absolute Gasteiger partial charge is 0.287 e. The predicted octanol–water partition coefficient (Wildman–Crippen LogP) is 3.83. The minimum absolute atomic E-state index is 0.0518. The van der Waals surface area contributed by atoms with Crippen molar-refractivity contribution in [1.29, 1.82) is 0 Å². The van der Waals surface area contributed by atoms with Crippen molar-refractivity contribution in [2.75, 3.05) is 18.1 Å². The highest BCUT2D eigenvalue weighted by Gasteiger charge is 2.36. The van der Waals surface area contributed by atoms with E-state index in [1.165, 1.54) is 23.5 Å². The number of nitrogens with one attached hydrogen (secondary N) is 2. The molecule has 1 saturated carbocycles. The number of nitrogens with zero attached hydrogens (tertiary/aromatic N) is 1. The number of carbonyl (C=O) groups is 3. The van der Waals surface area contributed by atoms with Gasteiger partial charge in [0.2, 0.25) is 5.91 Å². The van der Waals surface area contributed by atoms with Gasteiger partial charge in [0.05, 0.1) is 25.7 Å². The van der Waals surface area contributed by atoms with E-state index < -0.39 is 17.9 Å². The number of ether oxygens (including phenoxy) is 1. The van der Waals surface area contributed by atoms with E-state index in [9.17, 15) is 14.4 Å². The molecule has 3 amide bonds. The predicted molar refractivity (Wildman–Crippen MR) is 128 cm³/mol. The summed E-state index contributed by atoms with van der Waals surface area (Å²) in [5.41, 5.74) is 0.466. The van der Waals surface area contributed by atoms with Gasteiger partial charge in [0.1, 0.15) is 11.5 Å². The molecule has 9 heteroatoms. The average molecular weight is 480 g/mol. The molecule has 2 N–H and O–H groups in total. The molecule has 3 aromatic rings. The van der Waals surface area contributed by atoms with E-state index in [0.29, 0.717) is 23.8 Å². The highest BCUT2D eigenvalue weighted by molar-refractivity contribution is 6.04. The number of anilines is 1. The van der Waals surface area contributed by atoms with Crippen molar-refractivity contribution in [3.63, 3.8) is 0 Å². The summed E-state index contributed by atoms with van der Waals surface area (Å²) < 4.78 is 16.2. The quantitative estimate of drug-likeness (QED) is 0.457. The van der Waals surface area contributed by atoms with E-state index in [1.807, 2.05) is 6.92 Å². The Hall–Kier alpha value is -4.01. The van der Waals surface area contributed by atoms with E-state index in [4.69, 9.17) is 13.6 Å². The molecule has 0 bridgehead atoms. The zero-order chi connectivity index (χ0) is 24.6. The Morgan fingerprint density at radius 2 is 1.74 bits per heavy atom. The Bertz CT molecular complexity index is 1100. The Labute approximate surface area is 203 Å². The van der Waals surface area contributed by atoms with Gasteiger partial charge in [-0.15, -0.1) is 0 Å². The lowest BCUT2D eigenvalue weighted by molar-refractivity contribution is -0.127. The lowest BCUT2D eigenvalue weighted by Gasteiger charge is -2.31. The highest BCUT2D eigenvalue weighted by Crippen LogP contribution is 2.31. The zero-order valence-electron chi connectivity index (χ0n) is 19.6. The molecule has 9 nitrogen and oxygen atoms in total. The molecule has 0 aliphatic heterocycles. The van der Waals surface area contributed by atoms with Crippen molar-refractivity contribution in [2.24, 2.45) is 0 Å². The van der Waals surface area contributed by atoms with Crippen LogP contribution in [0.1, 0.15) is 55.0 Å². The number of carbonyl (C=O) groups excluding carboxylic acids is 3. The molecule has 1 atom stereocenters. The topological polar surface area (TPSA) is 114 Å². The standard InChI is InChI=1S/C26H29N3O6/c1-2-33-20-13-11-19(12-14-20)29(23(30)17-27-25(31)22-10-6-16-35-22)24(21-9-5-15-34-21)26(32)28-18-7-3-4-8-18/h5-6,9-16,18,24H,2-4,7-8,17H2,1H3,(H,27,31)(H,28,32)/t24-/m1/s1. The maximum absolute atomic E-state index is 13.5. The van der Waals surface area contributed by atoms with E-state index >= 15 is 0 Å². The lowest BCUT2D eigenvalue weighted by Crippen LogP contribution is -2.49. The summed E-state index contributed by atoms with van der Waals surface area (Å²) in [4.78, 5) is 40.8. The Morgan fingerprint density at radius 1 is 1.03 bits per heavy atom. The third-order valence-electron chi connectivity index (χ3n) is 5.86. The van der Waals surface area contributed by atoms with Gasteiger partial charge >= 0.3 is 0 Å². The van der Waals surface area contributed by atoms with Crippen LogP contribution in [0.4, 0.5) is 5.69 Å². The highest BCUT2D eigenvalue weighted by atomic mass is 16.5. The molecule has 0 saturated heterocycles. The van der Waals surface area contributed by atoms with Gasteiger partial charge in [-0.2, -0.15) is 0 Å². The normalized spacial score (nSPS) is 14.3. The van der Waals surface area contributed by atoms with Crippen molar-refractivity contribution in [3.8, 4) is 5.75 Å². The molecule has 184 valence electrons. The molecule has 1 aliphatic carbocycles. The minimum atomic E-state index is -1.06. The summed E-state index contributed by atoms with van der Waals surface area (Å²) in [6.07, 6.45) is 6.74. The molecule has 1 fully saturated rings. The van der Waals surface area contributed by atoms with Crippen molar-refractivity contribution in [3.05, 3.63) is 72.6 Å². The second kappa shape index (κ2) is 11.4. The molecular weight excluding hydrogens is 450 g/mol. The number of rotatable bonds is 10. The maximum atomic E-state index is 13.5. The van der Waals surface area contributed by atoms with Crippen LogP contribution in [0.2, 0.25) is 0 Å². The molecule has 2 heterocycles. The third kappa shape index (κ3) is 5.92. The second-order valence-corrected chi connectivity index (χ2v) is 8.26. The first-order valence-electron chi connectivity index (χ1n) is 11.8. The minimum Gasteiger partial charge on any atom is -0.494 e. The van der Waals surface area contributed by atoms with Crippen LogP contribution in [-0.2, 0) is 9.59 Å². The van der Waals surface area contributed by atoms with Crippen LogP contribution in [0.3, 0.4) is 0 Å². The van der Waals surface area contributed by atoms with E-state index in [1.54, 1.807) is 42.5 Å². The van der Waals surface area contributed by atoms with Gasteiger partial charge in [-0.05, 0) is 68.3 Å². The van der Waals surface area contributed by atoms with Crippen LogP contribution in [0.5, 0.6) is 5.75 Å². The van der Waals surface area contributed by atoms with E-state index in [0.717, 1.165) is 25.7 Å². The molecule has 0 radical (unpaired) electrons. The molecule has 35 heavy (non-hydrogen) atoms. The lowest BCUT2D eigenvalue weighted by atomic mass is 10.1. The van der Waals surface area contributed by atoms with Crippen molar-refractivity contribution < 1.29 is 28.0 Å². The third-order valence-corrected chi connectivity index (χ3v) is 5.86. The average Bonchev–Trinajstić information content (AvgIpc) is 3.65. The molecule has 2 aromatic heterocycles. The van der Waals surface area contributed by atoms with Crippen LogP contribution >= 0.6 is 0 Å². The number of benzene rings is 1. The number of hydrogen-bond acceptors (Lipinski definition) is 6. The Morgan fingerprint density at radius 3 is 2.37 bits per heavy atom. The molecule has 0 spiro atoms. The van der Waals surface area contributed by atoms with Gasteiger partial charge in [-0.3, -0.25) is 19.3 Å². The van der Waals surface area contributed by atoms with E-state index in [-0.39, 0.29) is 24.3 Å². The maximum Gasteiger partial charge on any atom is 0.287 e. The number of furan rings is 2. The van der Waals surface area contributed by atoms with Gasteiger partial charge in [0.15, 0.2) is 11.8 Å². The van der Waals surface area contributed by atoms with Gasteiger partial charge in [0.25, 0.3) is 11.8 Å². The first-order valence-corrected chi connectivity index (χ1v) is 11.8. The molecule has 0 unspecified atom stereocenters. The SMILES string of the molecule is CCOc1ccc(N(C(=O)CNC(=O)c2ccco2)[C@@H](C(=O)NC2CCCC2)c2ccco2)cc1. The zero-order valence-corrected chi connectivity index (χ0v) is 19.6. The fraction of sp³-hybridized carbons (Fsp3) is 0.346. The van der Waals surface area contributed by atoms with Crippen molar-refractivity contribution >= 4 is 23.4 Å². The molecule has 1 aliphatic rings. The van der Waals surface area contributed by atoms with Gasteiger partial charge in [-0.25, -0.2) is 0 Å². The van der Waals surface area contributed by atoms with Gasteiger partial charge in [-0.1, -0.05) is 12.8 Å².